The van der Waals surface area contributed by atoms with Crippen LogP contribution in [0.15, 0.2) is 36.9 Å². The van der Waals surface area contributed by atoms with Crippen LogP contribution in [-0.2, 0) is 18.4 Å². The number of pyridine rings is 2. The number of morpholine rings is 1. The van der Waals surface area contributed by atoms with E-state index in [-0.39, 0.29) is 24.4 Å². The van der Waals surface area contributed by atoms with Gasteiger partial charge < -0.3 is 44.5 Å². The lowest BCUT2D eigenvalue weighted by Gasteiger charge is -2.31. The number of H-pyrrole nitrogens is 1. The number of aromatic nitrogens is 6. The summed E-state index contributed by atoms with van der Waals surface area (Å²) in [5, 5.41) is 26.6. The highest BCUT2D eigenvalue weighted by molar-refractivity contribution is 5.87. The van der Waals surface area contributed by atoms with Crippen molar-refractivity contribution in [2.45, 2.75) is 44.4 Å². The molecule has 252 valence electrons. The number of anilines is 2. The fourth-order valence-electron chi connectivity index (χ4n) is 5.61. The molecule has 1 saturated heterocycles. The summed E-state index contributed by atoms with van der Waals surface area (Å²) in [7, 11) is 5.62. The van der Waals surface area contributed by atoms with E-state index < -0.39 is 4.90 Å². The summed E-state index contributed by atoms with van der Waals surface area (Å²) in [4.78, 5) is 24.9. The second-order valence-electron chi connectivity index (χ2n) is 12.0. The number of aromatic amines is 1. The van der Waals surface area contributed by atoms with Crippen molar-refractivity contribution in [2.75, 3.05) is 63.8 Å². The van der Waals surface area contributed by atoms with E-state index in [2.05, 4.69) is 35.1 Å². The van der Waals surface area contributed by atoms with Gasteiger partial charge in [-0.1, -0.05) is 0 Å². The van der Waals surface area contributed by atoms with E-state index >= 15 is 0 Å². The molecular formula is C31H41N10O6-. The predicted octanol–water partition coefficient (Wildman–Crippen LogP) is 2.01. The molecule has 0 spiro atoms. The van der Waals surface area contributed by atoms with Crippen molar-refractivity contribution in [1.29, 1.82) is 0 Å². The summed E-state index contributed by atoms with van der Waals surface area (Å²) in [6.07, 6.45) is 10.0. The number of imidazole rings is 1. The summed E-state index contributed by atoms with van der Waals surface area (Å²) in [5.74, 6) is 3.05. The Kier molecular flexibility index (Phi) is 10.1. The van der Waals surface area contributed by atoms with Crippen LogP contribution in [-0.4, -0.2) is 100 Å². The predicted molar refractivity (Wildman–Crippen MR) is 175 cm³/mol. The fraction of sp³-hybridized carbons (Fsp3) is 0.516. The maximum atomic E-state index is 11.2. The number of hydrogen-bond acceptors (Lipinski definition) is 13. The molecule has 47 heavy (non-hydrogen) atoms. The molecule has 1 aliphatic heterocycles. The first kappa shape index (κ1) is 32.1. The van der Waals surface area contributed by atoms with Gasteiger partial charge in [0, 0.05) is 31.7 Å². The minimum Gasteiger partial charge on any atom is -0.744 e. The zero-order valence-electron chi connectivity index (χ0n) is 26.9. The van der Waals surface area contributed by atoms with Crippen LogP contribution >= 0.6 is 0 Å². The third kappa shape index (κ3) is 8.13. The van der Waals surface area contributed by atoms with Crippen LogP contribution in [0, 0.1) is 10.4 Å². The molecule has 2 fully saturated rings. The Balaban J connectivity index is 1.13. The lowest BCUT2D eigenvalue weighted by atomic mass is 9.93. The monoisotopic (exact) mass is 649 g/mol. The topological polar surface area (TPSA) is 177 Å². The summed E-state index contributed by atoms with van der Waals surface area (Å²) in [5.41, 5.74) is 1.24. The molecule has 1 aliphatic carbocycles. The quantitative estimate of drug-likeness (QED) is 0.213. The van der Waals surface area contributed by atoms with Gasteiger partial charge in [-0.25, -0.2) is 19.5 Å². The maximum absolute atomic E-state index is 11.2. The highest BCUT2D eigenvalue weighted by Crippen LogP contribution is 2.33. The number of ether oxygens (including phenoxy) is 4. The van der Waals surface area contributed by atoms with Crippen LogP contribution in [0.3, 0.4) is 0 Å². The first-order valence-corrected chi connectivity index (χ1v) is 15.8. The maximum Gasteiger partial charge on any atom is 0.358 e. The Hall–Kier alpha value is -4.83. The molecule has 0 amide bonds. The Labute approximate surface area is 272 Å². The number of rotatable bonds is 12. The van der Waals surface area contributed by atoms with Gasteiger partial charge in [0.05, 0.1) is 49.8 Å². The molecule has 1 saturated carbocycles. The average Bonchev–Trinajstić information content (AvgIpc) is 3.46. The van der Waals surface area contributed by atoms with Crippen LogP contribution in [0.1, 0.15) is 31.4 Å². The van der Waals surface area contributed by atoms with Gasteiger partial charge >= 0.3 is 5.62 Å². The normalized spacial score (nSPS) is 18.3. The zero-order valence-corrected chi connectivity index (χ0v) is 26.9. The van der Waals surface area contributed by atoms with Gasteiger partial charge in [0.1, 0.15) is 42.8 Å². The van der Waals surface area contributed by atoms with Gasteiger partial charge in [-0.15, -0.1) is 0 Å². The van der Waals surface area contributed by atoms with Gasteiger partial charge in [0.2, 0.25) is 11.8 Å². The van der Waals surface area contributed by atoms with E-state index in [4.69, 9.17) is 23.9 Å². The largest absolute Gasteiger partial charge is 0.744 e. The van der Waals surface area contributed by atoms with Gasteiger partial charge in [0.15, 0.2) is 5.75 Å². The molecule has 0 aromatic carbocycles. The van der Waals surface area contributed by atoms with E-state index in [0.29, 0.717) is 48.8 Å². The summed E-state index contributed by atoms with van der Waals surface area (Å²) < 4.78 is 25.3. The van der Waals surface area contributed by atoms with Crippen molar-refractivity contribution in [3.05, 3.63) is 58.6 Å². The van der Waals surface area contributed by atoms with Crippen molar-refractivity contribution in [3.63, 3.8) is 0 Å². The number of fused-ring (bicyclic) bond motifs is 1. The fourth-order valence-corrected chi connectivity index (χ4v) is 5.61. The molecule has 5 heterocycles. The Bertz CT molecular complexity index is 1690. The van der Waals surface area contributed by atoms with E-state index in [9.17, 15) is 10.4 Å². The van der Waals surface area contributed by atoms with Crippen molar-refractivity contribution < 1.29 is 18.9 Å². The summed E-state index contributed by atoms with van der Waals surface area (Å²) in [6, 6.07) is 4.06. The van der Waals surface area contributed by atoms with E-state index in [0.717, 1.165) is 62.0 Å². The highest BCUT2D eigenvalue weighted by Gasteiger charge is 2.25. The van der Waals surface area contributed by atoms with Crippen LogP contribution < -0.4 is 34.9 Å². The van der Waals surface area contributed by atoms with Crippen molar-refractivity contribution in [2.24, 2.45) is 7.05 Å². The van der Waals surface area contributed by atoms with Crippen molar-refractivity contribution >= 4 is 22.7 Å². The van der Waals surface area contributed by atoms with Gasteiger partial charge in [-0.2, -0.15) is 4.98 Å². The third-order valence-corrected chi connectivity index (χ3v) is 8.34. The first-order valence-electron chi connectivity index (χ1n) is 15.8. The van der Waals surface area contributed by atoms with Crippen LogP contribution in [0.4, 0.5) is 11.8 Å². The Morgan fingerprint density at radius 1 is 1.02 bits per heavy atom. The third-order valence-electron chi connectivity index (χ3n) is 8.34. The standard InChI is InChI=1S/C31H41N10O6/c1-38(2)8-13-45-25-18-33-30(34-19-25)36-21-4-6-23(7-5-21)47-29-26-14-24(46-20-22-16-35-31(39(22)3)41(42)43)17-32-27(26)15-28(37-29)40-9-11-44-12-10-40/h14-19,21,23,35H,4-13,20H2,1-3H3,(H-,33,34,36,42,43)/q-1. The molecule has 0 bridgehead atoms. The molecule has 0 atom stereocenters. The first-order chi connectivity index (χ1) is 22.8. The zero-order chi connectivity index (χ0) is 32.8. The van der Waals surface area contributed by atoms with Crippen molar-refractivity contribution in [1.82, 2.24) is 39.3 Å². The Morgan fingerprint density at radius 3 is 2.47 bits per heavy atom. The molecule has 6 rings (SSSR count). The van der Waals surface area contributed by atoms with E-state index in [1.807, 2.05) is 26.2 Å². The molecule has 2 N–H and O–H groups in total. The molecule has 2 aliphatic rings. The molecule has 16 nitrogen and oxygen atoms in total. The van der Waals surface area contributed by atoms with Crippen LogP contribution in [0.5, 0.6) is 17.4 Å². The van der Waals surface area contributed by atoms with Crippen LogP contribution in [0.25, 0.3) is 10.9 Å². The molecule has 16 heteroatoms. The van der Waals surface area contributed by atoms with Gasteiger partial charge in [0.25, 0.3) is 0 Å². The summed E-state index contributed by atoms with van der Waals surface area (Å²) >= 11 is 0. The lowest BCUT2D eigenvalue weighted by Crippen LogP contribution is -2.37. The van der Waals surface area contributed by atoms with Gasteiger partial charge in [-0.3, -0.25) is 9.89 Å². The van der Waals surface area contributed by atoms with Gasteiger partial charge in [-0.05, 0) is 45.8 Å². The molecule has 4 aromatic heterocycles. The molecule has 0 unspecified atom stereocenters. The second kappa shape index (κ2) is 14.7. The lowest BCUT2D eigenvalue weighted by molar-refractivity contribution is 0.122. The van der Waals surface area contributed by atoms with E-state index in [1.54, 1.807) is 31.8 Å². The minimum absolute atomic E-state index is 0.0268. The Morgan fingerprint density at radius 2 is 1.77 bits per heavy atom. The number of nitrogens with zero attached hydrogens (tertiary/aromatic N) is 8. The molecule has 4 aromatic rings. The molecule has 0 radical (unpaired) electrons. The van der Waals surface area contributed by atoms with Crippen molar-refractivity contribution in [3.8, 4) is 17.4 Å². The van der Waals surface area contributed by atoms with Crippen LogP contribution in [0.2, 0.25) is 0 Å². The smallest absolute Gasteiger partial charge is 0.358 e. The van der Waals surface area contributed by atoms with E-state index in [1.165, 1.54) is 4.57 Å². The molecular weight excluding hydrogens is 608 g/mol. The number of hydrogen-bond donors (Lipinski definition) is 2. The number of likely N-dealkylation sites (N-methyl/N-ethyl adjacent to an activating group) is 1. The minimum atomic E-state index is -0.471. The highest BCUT2D eigenvalue weighted by atomic mass is 16.8. The SMILES string of the molecule is CN(C)CCOc1cnc(NC2CCC(Oc3nc(N4CCOCC4)cc4ncc(OCc5c[nH]c(=[N+]([O-])[O-])n5C)cc34)CC2)nc1. The second-order valence-corrected chi connectivity index (χ2v) is 12.0. The number of nitrogens with one attached hydrogen (secondary N) is 2. The average molecular weight is 650 g/mol. The summed E-state index contributed by atoms with van der Waals surface area (Å²) in [6.45, 7) is 4.27.